The normalized spacial score (nSPS) is 17.7. The van der Waals surface area contributed by atoms with Gasteiger partial charge in [-0.2, -0.15) is 0 Å². The Labute approximate surface area is 594 Å². The quantitative estimate of drug-likeness (QED) is 0.0100. The molecule has 6 aliphatic heterocycles. The minimum Gasteiger partial charge on any atom is -0.361 e. The van der Waals surface area contributed by atoms with Crippen LogP contribution in [-0.2, 0) is 25.5 Å². The number of thioether (sulfide) groups is 1. The van der Waals surface area contributed by atoms with E-state index in [1.165, 1.54) is 129 Å². The van der Waals surface area contributed by atoms with Crippen LogP contribution in [0.4, 0.5) is 11.4 Å². The van der Waals surface area contributed by atoms with Gasteiger partial charge < -0.3 is 35.6 Å². The largest absolute Gasteiger partial charge is 0.361 e. The average Bonchev–Trinajstić information content (AvgIpc) is 1.63. The number of benzene rings is 3. The summed E-state index contributed by atoms with van der Waals surface area (Å²) >= 11 is 4.73. The number of thiophene rings is 2. The molecule has 19 nitrogen and oxygen atoms in total. The van der Waals surface area contributed by atoms with Crippen molar-refractivity contribution in [3.05, 3.63) is 186 Å². The lowest BCUT2D eigenvalue weighted by molar-refractivity contribution is -0.384. The van der Waals surface area contributed by atoms with Gasteiger partial charge in [0.25, 0.3) is 11.4 Å². The van der Waals surface area contributed by atoms with Crippen molar-refractivity contribution >= 4 is 136 Å². The number of non-ortho nitro benzene ring substituents is 2. The molecule has 5 aromatic heterocycles. The van der Waals surface area contributed by atoms with E-state index in [4.69, 9.17) is 26.0 Å². The number of nitrogens with zero attached hydrogens (tertiary/aromatic N) is 5. The summed E-state index contributed by atoms with van der Waals surface area (Å²) < 4.78 is 10.6. The van der Waals surface area contributed by atoms with Crippen molar-refractivity contribution < 1.29 is 28.9 Å². The van der Waals surface area contributed by atoms with Crippen LogP contribution in [0.5, 0.6) is 0 Å². The molecule has 14 rings (SSSR count). The summed E-state index contributed by atoms with van der Waals surface area (Å²) in [6.45, 7) is 17.5. The molecule has 0 bridgehead atoms. The van der Waals surface area contributed by atoms with E-state index in [1.807, 2.05) is 67.4 Å². The molecule has 0 spiro atoms. The highest BCUT2D eigenvalue weighted by molar-refractivity contribution is 14.0. The van der Waals surface area contributed by atoms with E-state index in [0.717, 1.165) is 94.9 Å². The van der Waals surface area contributed by atoms with Crippen LogP contribution in [0, 0.1) is 31.0 Å². The Morgan fingerprint density at radius 1 is 0.740 bits per heavy atom. The van der Waals surface area contributed by atoms with Crippen LogP contribution in [0.15, 0.2) is 139 Å². The number of nitro benzene ring substituents is 2. The Morgan fingerprint density at radius 3 is 1.78 bits per heavy atom. The van der Waals surface area contributed by atoms with Gasteiger partial charge in [-0.25, -0.2) is 0 Å². The number of aromatic nitrogens is 3. The molecule has 0 aliphatic carbocycles. The molecule has 96 heavy (non-hydrogen) atoms. The Morgan fingerprint density at radius 2 is 1.26 bits per heavy atom. The number of hydrogen-bond acceptors (Lipinski definition) is 17. The number of hydrogen-bond donors (Lipinski definition) is 6. The number of ketones is 2. The molecule has 3 unspecified atom stereocenters. The molecule has 8 aromatic rings. The number of carbonyl (C=O) groups is 2. The SMILES string of the molecule is C.C=CC(C)=O.CCOC(CCCN)OCC.CSC(=N)c1cccs1.I.N=C(Cc1ccc2[nH]cc(C3=CCN4CCCC4C3)c2c1)c1cccs1.O=C1CCN2CCCC2C1.O=[N+]([O-])c1ccc2[nH]cc(C3=CCN4CCCC4C3)c2c1.O=[N+]([O-])c1ccc2[nH]ccc2c1. The molecule has 4 saturated heterocycles. The van der Waals surface area contributed by atoms with Crippen molar-refractivity contribution in [3.63, 3.8) is 0 Å². The van der Waals surface area contributed by atoms with E-state index >= 15 is 0 Å². The zero-order chi connectivity index (χ0) is 66.9. The van der Waals surface area contributed by atoms with Gasteiger partial charge in [0.15, 0.2) is 12.1 Å². The first-order chi connectivity index (χ1) is 45.6. The molecule has 11 heterocycles. The maximum Gasteiger partial charge on any atom is 0.270 e. The van der Waals surface area contributed by atoms with E-state index in [1.54, 1.807) is 59.2 Å². The second-order valence-electron chi connectivity index (χ2n) is 23.8. The van der Waals surface area contributed by atoms with Gasteiger partial charge in [0.1, 0.15) is 10.8 Å². The molecular formula is C73H96IN11O8S3. The molecule has 6 aliphatic rings. The fourth-order valence-corrected chi connectivity index (χ4v) is 14.6. The Hall–Kier alpha value is -6.78. The van der Waals surface area contributed by atoms with E-state index in [9.17, 15) is 29.8 Å². The highest BCUT2D eigenvalue weighted by atomic mass is 127. The number of fused-ring (bicyclic) bond motifs is 6. The van der Waals surface area contributed by atoms with Gasteiger partial charge in [-0.3, -0.25) is 49.9 Å². The number of nitrogens with two attached hydrogens (primary N) is 1. The predicted octanol–water partition coefficient (Wildman–Crippen LogP) is 16.9. The van der Waals surface area contributed by atoms with Crippen molar-refractivity contribution in [2.24, 2.45) is 5.73 Å². The maximum absolute atomic E-state index is 11.0. The van der Waals surface area contributed by atoms with E-state index in [0.29, 0.717) is 54.8 Å². The van der Waals surface area contributed by atoms with Crippen molar-refractivity contribution in [2.45, 2.75) is 136 Å². The summed E-state index contributed by atoms with van der Waals surface area (Å²) in [5, 5.41) is 44.9. The van der Waals surface area contributed by atoms with E-state index < -0.39 is 4.92 Å². The van der Waals surface area contributed by atoms with Crippen LogP contribution in [0.1, 0.15) is 132 Å². The van der Waals surface area contributed by atoms with Gasteiger partial charge in [0, 0.05) is 162 Å². The third-order valence-corrected chi connectivity index (χ3v) is 20.1. The number of aromatic amines is 3. The van der Waals surface area contributed by atoms with Gasteiger partial charge in [-0.05, 0) is 193 Å². The standard InChI is InChI=1S/C22H23N3S.C16H17N3O2.C8H6N2O2.C8H19NO2.C8H13NO.C6H7NS2.C4H6O.CH4.HI/c23-20(22-4-2-10-26-22)12-15-5-6-21-18(11-15)19(14-24-21)16-7-9-25-8-1-3-17(25)13-16;20-19(21)13-3-4-16-14(9-13)15(10-17-16)11-5-7-18-6-1-2-12(18)8-11;11-10(12)7-1-2-8-6(5-7)3-4-9-8;1-3-10-8(11-4-2)6-5-7-9;10-8-3-5-9-4-1-2-7(9)6-8;1-8-6(7)5-3-2-4-9-5;1-3-4(2)5;;/h2,4-7,10-11,14,17,23-24H,1,3,8-9,12-13H2;3-5,9-10,12,17H,1-2,6-8H2;1-5,9H;8H,3-7,9H2,1-2H3;7H,1-6H2;2-4,7H,1H3;3H,1H2,2H3;1H4;1H. The zero-order valence-corrected chi connectivity index (χ0v) is 59.8. The molecule has 3 atom stereocenters. The number of carbonyl (C=O) groups excluding carboxylic acids is 2. The lowest BCUT2D eigenvalue weighted by Crippen LogP contribution is -2.37. The predicted molar refractivity (Wildman–Crippen MR) is 409 cm³/mol. The first kappa shape index (κ1) is 78.2. The molecule has 516 valence electrons. The molecular weight excluding hydrogens is 1380 g/mol. The molecule has 0 saturated carbocycles. The summed E-state index contributed by atoms with van der Waals surface area (Å²) in [5.41, 5.74) is 15.9. The molecule has 0 amide bonds. The number of ether oxygens (including phenoxy) is 2. The molecule has 3 aromatic carbocycles. The van der Waals surface area contributed by atoms with Crippen LogP contribution in [0.25, 0.3) is 43.9 Å². The maximum atomic E-state index is 11.0. The lowest BCUT2D eigenvalue weighted by Gasteiger charge is -2.29. The minimum atomic E-state index is -0.396. The van der Waals surface area contributed by atoms with Gasteiger partial charge in [-0.1, -0.05) is 44.4 Å². The number of nitrogens with one attached hydrogen (secondary N) is 5. The van der Waals surface area contributed by atoms with Gasteiger partial charge in [0.05, 0.1) is 20.4 Å². The van der Waals surface area contributed by atoms with Gasteiger partial charge in [0.2, 0.25) is 0 Å². The summed E-state index contributed by atoms with van der Waals surface area (Å²) in [4.78, 5) is 60.7. The van der Waals surface area contributed by atoms with Crippen LogP contribution in [-0.4, -0.2) is 152 Å². The van der Waals surface area contributed by atoms with Crippen LogP contribution in [0.3, 0.4) is 0 Å². The van der Waals surface area contributed by atoms with Crippen LogP contribution in [0.2, 0.25) is 0 Å². The topological polar surface area (TPSA) is 270 Å². The summed E-state index contributed by atoms with van der Waals surface area (Å²) in [5.74, 6) is 0.494. The van der Waals surface area contributed by atoms with Crippen molar-refractivity contribution in [1.29, 1.82) is 10.8 Å². The molecule has 23 heteroatoms. The zero-order valence-electron chi connectivity index (χ0n) is 55.0. The van der Waals surface area contributed by atoms with E-state index in [2.05, 4.69) is 72.8 Å². The summed E-state index contributed by atoms with van der Waals surface area (Å²) in [7, 11) is 0. The fraction of sp³-hybridized carbons (Fsp3) is 0.425. The van der Waals surface area contributed by atoms with Gasteiger partial charge in [-0.15, -0.1) is 58.4 Å². The number of H-pyrrole nitrogens is 3. The molecule has 4 fully saturated rings. The van der Waals surface area contributed by atoms with Crippen molar-refractivity contribution in [3.8, 4) is 0 Å². The Bertz CT molecular complexity index is 3850. The Balaban J connectivity index is 0.000000187. The first-order valence-corrected chi connectivity index (χ1v) is 35.6. The second-order valence-corrected chi connectivity index (χ2v) is 26.5. The van der Waals surface area contributed by atoms with Crippen LogP contribution >= 0.6 is 58.4 Å². The number of piperidine rings is 1. The number of rotatable bonds is 16. The monoisotopic (exact) mass is 1480 g/mol. The van der Waals surface area contributed by atoms with Crippen LogP contribution < -0.4 is 5.73 Å². The lowest BCUT2D eigenvalue weighted by atomic mass is 9.93. The number of allylic oxidation sites excluding steroid dienone is 1. The molecule has 7 N–H and O–H groups in total. The van der Waals surface area contributed by atoms with E-state index in [-0.39, 0.29) is 59.8 Å². The van der Waals surface area contributed by atoms with Crippen molar-refractivity contribution in [1.82, 2.24) is 29.7 Å². The smallest absolute Gasteiger partial charge is 0.270 e. The third kappa shape index (κ3) is 22.6. The number of nitro groups is 2. The molecule has 0 radical (unpaired) electrons. The summed E-state index contributed by atoms with van der Waals surface area (Å²) in [6.07, 6.45) is 28.0. The highest BCUT2D eigenvalue weighted by Crippen LogP contribution is 2.38. The van der Waals surface area contributed by atoms with Crippen molar-refractivity contribution in [2.75, 3.05) is 65.3 Å². The number of Topliss-reactive ketones (excluding diaryl/α,β-unsaturated/α-hetero) is 1. The first-order valence-electron chi connectivity index (χ1n) is 32.6. The average molecular weight is 1480 g/mol. The number of halogens is 1. The van der Waals surface area contributed by atoms with Gasteiger partial charge >= 0.3 is 0 Å². The minimum absolute atomic E-state index is 0. The fourth-order valence-electron chi connectivity index (χ4n) is 12.7. The highest BCUT2D eigenvalue weighted by Gasteiger charge is 2.32. The Kier molecular flexibility index (Phi) is 32.7. The third-order valence-electron chi connectivity index (χ3n) is 17.5. The second kappa shape index (κ2) is 40.2. The summed E-state index contributed by atoms with van der Waals surface area (Å²) in [6, 6.07) is 28.2.